The molecule has 7 heteroatoms. The minimum atomic E-state index is 0.213. The van der Waals surface area contributed by atoms with Crippen LogP contribution in [0.1, 0.15) is 67.4 Å². The van der Waals surface area contributed by atoms with Crippen LogP contribution in [0, 0.1) is 5.92 Å². The number of aromatic nitrogens is 1. The third kappa shape index (κ3) is 6.99. The molecule has 6 rings (SSSR count). The zero-order valence-electron chi connectivity index (χ0n) is 24.3. The largest absolute Gasteiger partial charge is 0.487 e. The summed E-state index contributed by atoms with van der Waals surface area (Å²) in [6, 6.07) is 16.6. The lowest BCUT2D eigenvalue weighted by Crippen LogP contribution is -2.47. The number of rotatable bonds is 10. The van der Waals surface area contributed by atoms with Gasteiger partial charge in [-0.2, -0.15) is 0 Å². The predicted octanol–water partition coefficient (Wildman–Crippen LogP) is 6.40. The number of likely N-dealkylation sites (tertiary alicyclic amines) is 2. The van der Waals surface area contributed by atoms with Crippen molar-refractivity contribution in [1.29, 1.82) is 0 Å². The van der Waals surface area contributed by atoms with Crippen LogP contribution < -0.4 is 10.1 Å². The number of benzene rings is 2. The van der Waals surface area contributed by atoms with E-state index in [-0.39, 0.29) is 5.78 Å². The Bertz CT molecular complexity index is 1290. The van der Waals surface area contributed by atoms with Crippen LogP contribution in [-0.2, 0) is 13.2 Å². The normalized spacial score (nSPS) is 21.3. The fourth-order valence-corrected chi connectivity index (χ4v) is 7.37. The van der Waals surface area contributed by atoms with Crippen molar-refractivity contribution in [3.8, 4) is 5.75 Å². The van der Waals surface area contributed by atoms with E-state index < -0.39 is 0 Å². The number of carbonyl (C=O) groups is 1. The number of aryl methyl sites for hydroxylation is 1. The molecule has 0 saturated carbocycles. The molecule has 6 nitrogen and oxygen atoms in total. The highest BCUT2D eigenvalue weighted by Crippen LogP contribution is 2.31. The molecule has 1 unspecified atom stereocenters. The molecule has 1 atom stereocenters. The van der Waals surface area contributed by atoms with Gasteiger partial charge in [0.15, 0.2) is 5.78 Å². The lowest BCUT2D eigenvalue weighted by atomic mass is 9.96. The summed E-state index contributed by atoms with van der Waals surface area (Å²) in [6.07, 6.45) is 9.97. The van der Waals surface area contributed by atoms with E-state index in [0.717, 1.165) is 79.9 Å². The van der Waals surface area contributed by atoms with Gasteiger partial charge >= 0.3 is 0 Å². The van der Waals surface area contributed by atoms with Crippen molar-refractivity contribution < 1.29 is 9.53 Å². The van der Waals surface area contributed by atoms with Gasteiger partial charge in [-0.05, 0) is 107 Å². The lowest BCUT2D eigenvalue weighted by Gasteiger charge is -2.40. The van der Waals surface area contributed by atoms with Crippen molar-refractivity contribution in [2.24, 2.45) is 5.92 Å². The molecule has 3 fully saturated rings. The number of hydrogen-bond donors (Lipinski definition) is 1. The van der Waals surface area contributed by atoms with E-state index >= 15 is 0 Å². The number of nitrogens with one attached hydrogen (secondary N) is 1. The fraction of sp³-hybridized carbons (Fsp3) is 0.559. The van der Waals surface area contributed by atoms with Gasteiger partial charge in [-0.25, -0.2) is 0 Å². The Balaban J connectivity index is 1.23. The van der Waals surface area contributed by atoms with Crippen molar-refractivity contribution in [2.75, 3.05) is 45.8 Å². The second-order valence-corrected chi connectivity index (χ2v) is 12.7. The van der Waals surface area contributed by atoms with E-state index in [0.29, 0.717) is 30.1 Å². The molecule has 4 heterocycles. The first-order valence-electron chi connectivity index (χ1n) is 15.8. The number of carbonyl (C=O) groups excluding carboxylic acids is 1. The van der Waals surface area contributed by atoms with Crippen LogP contribution in [0.25, 0.3) is 10.9 Å². The highest BCUT2D eigenvalue weighted by molar-refractivity contribution is 6.30. The lowest BCUT2D eigenvalue weighted by molar-refractivity contribution is 0.0774. The molecule has 0 amide bonds. The van der Waals surface area contributed by atoms with Gasteiger partial charge in [0, 0.05) is 41.6 Å². The van der Waals surface area contributed by atoms with Gasteiger partial charge in [0.05, 0.1) is 17.8 Å². The molecule has 0 bridgehead atoms. The van der Waals surface area contributed by atoms with Gasteiger partial charge in [0.25, 0.3) is 0 Å². The highest BCUT2D eigenvalue weighted by Gasteiger charge is 2.29. The van der Waals surface area contributed by atoms with Crippen LogP contribution in [0.4, 0.5) is 0 Å². The van der Waals surface area contributed by atoms with Crippen molar-refractivity contribution in [3.05, 3.63) is 64.8 Å². The second-order valence-electron chi connectivity index (χ2n) is 12.3. The summed E-state index contributed by atoms with van der Waals surface area (Å²) in [7, 11) is 0. The number of nitrogens with zero attached hydrogens (tertiary/aromatic N) is 3. The number of Topliss-reactive ketones (excluding diaryl/α,β-unsaturated/α-hetero) is 1. The van der Waals surface area contributed by atoms with Gasteiger partial charge < -0.3 is 19.5 Å². The molecule has 0 spiro atoms. The van der Waals surface area contributed by atoms with Crippen LogP contribution in [0.15, 0.2) is 48.5 Å². The van der Waals surface area contributed by atoms with E-state index in [4.69, 9.17) is 16.3 Å². The Kier molecular flexibility index (Phi) is 9.62. The van der Waals surface area contributed by atoms with Crippen LogP contribution >= 0.6 is 11.6 Å². The number of para-hydroxylation sites is 1. The molecule has 2 aromatic carbocycles. The SMILES string of the molecule is O=C(CN1CCC(N2CCCCC2)CC1)c1c(COc2ccc(Cl)cc2)n(CCC2CCCNC2)c2ccccc12. The van der Waals surface area contributed by atoms with Crippen LogP contribution in [0.2, 0.25) is 5.02 Å². The quantitative estimate of drug-likeness (QED) is 0.283. The maximum absolute atomic E-state index is 14.2. The summed E-state index contributed by atoms with van der Waals surface area (Å²) in [5.74, 6) is 1.64. The topological polar surface area (TPSA) is 49.7 Å². The third-order valence-electron chi connectivity index (χ3n) is 9.54. The van der Waals surface area contributed by atoms with Crippen LogP contribution in [-0.4, -0.2) is 72.0 Å². The second kappa shape index (κ2) is 13.7. The molecule has 3 saturated heterocycles. The number of piperidine rings is 3. The summed E-state index contributed by atoms with van der Waals surface area (Å²) < 4.78 is 8.68. The molecule has 3 aliphatic heterocycles. The molecule has 1 aromatic heterocycles. The molecular formula is C34H45ClN4O2. The number of hydrogen-bond acceptors (Lipinski definition) is 5. The molecule has 0 radical (unpaired) electrons. The van der Waals surface area contributed by atoms with E-state index in [1.54, 1.807) is 0 Å². The van der Waals surface area contributed by atoms with Crippen molar-refractivity contribution in [1.82, 2.24) is 19.7 Å². The van der Waals surface area contributed by atoms with Gasteiger partial charge in [0.2, 0.25) is 0 Å². The maximum Gasteiger partial charge on any atom is 0.179 e. The highest BCUT2D eigenvalue weighted by atomic mass is 35.5. The molecule has 0 aliphatic carbocycles. The summed E-state index contributed by atoms with van der Waals surface area (Å²) in [6.45, 7) is 8.41. The third-order valence-corrected chi connectivity index (χ3v) is 9.79. The van der Waals surface area contributed by atoms with Crippen LogP contribution in [0.5, 0.6) is 5.75 Å². The van der Waals surface area contributed by atoms with Gasteiger partial charge in [-0.3, -0.25) is 9.69 Å². The minimum absolute atomic E-state index is 0.213. The molecule has 1 N–H and O–H groups in total. The first-order chi connectivity index (χ1) is 20.2. The fourth-order valence-electron chi connectivity index (χ4n) is 7.25. The standard InChI is InChI=1S/C34H45ClN4O2/c35-27-10-12-29(13-11-27)41-25-32-34(33(40)24-37-20-15-28(16-21-37)38-18-4-1-5-19-38)30-8-2-3-9-31(30)39(32)22-14-26-7-6-17-36-23-26/h2-3,8-13,26,28,36H,1,4-7,14-25H2. The van der Waals surface area contributed by atoms with Gasteiger partial charge in [-0.15, -0.1) is 0 Å². The van der Waals surface area contributed by atoms with Crippen LogP contribution in [0.3, 0.4) is 0 Å². The van der Waals surface area contributed by atoms with Crippen molar-refractivity contribution >= 4 is 28.3 Å². The maximum atomic E-state index is 14.2. The van der Waals surface area contributed by atoms with E-state index in [1.807, 2.05) is 24.3 Å². The zero-order chi connectivity index (χ0) is 28.0. The van der Waals surface area contributed by atoms with E-state index in [1.165, 1.54) is 45.2 Å². The Hall–Kier alpha value is -2.38. The first-order valence-corrected chi connectivity index (χ1v) is 16.2. The number of ether oxygens (including phenoxy) is 1. The van der Waals surface area contributed by atoms with E-state index in [2.05, 4.69) is 43.9 Å². The Morgan fingerprint density at radius 3 is 2.46 bits per heavy atom. The molecule has 3 aliphatic rings. The van der Waals surface area contributed by atoms with E-state index in [9.17, 15) is 4.79 Å². The van der Waals surface area contributed by atoms with Crippen molar-refractivity contribution in [2.45, 2.75) is 70.6 Å². The average molecular weight is 577 g/mol. The summed E-state index contributed by atoms with van der Waals surface area (Å²) in [5, 5.41) is 5.30. The number of fused-ring (bicyclic) bond motifs is 1. The number of halogens is 1. The van der Waals surface area contributed by atoms with Crippen molar-refractivity contribution in [3.63, 3.8) is 0 Å². The molecule has 3 aromatic rings. The Morgan fingerprint density at radius 1 is 0.927 bits per heavy atom. The zero-order valence-corrected chi connectivity index (χ0v) is 25.1. The summed E-state index contributed by atoms with van der Waals surface area (Å²) in [4.78, 5) is 19.2. The Labute approximate surface area is 250 Å². The number of ketones is 1. The minimum Gasteiger partial charge on any atom is -0.487 e. The first kappa shape index (κ1) is 28.7. The summed E-state index contributed by atoms with van der Waals surface area (Å²) in [5.41, 5.74) is 2.98. The monoisotopic (exact) mass is 576 g/mol. The average Bonchev–Trinajstić information content (AvgIpc) is 3.34. The molecule has 220 valence electrons. The van der Waals surface area contributed by atoms with Gasteiger partial charge in [-0.1, -0.05) is 36.2 Å². The smallest absolute Gasteiger partial charge is 0.179 e. The van der Waals surface area contributed by atoms with Gasteiger partial charge in [0.1, 0.15) is 12.4 Å². The predicted molar refractivity (Wildman–Crippen MR) is 167 cm³/mol. The molecule has 41 heavy (non-hydrogen) atoms. The Morgan fingerprint density at radius 2 is 1.71 bits per heavy atom. The summed E-state index contributed by atoms with van der Waals surface area (Å²) >= 11 is 6.12. The molecular weight excluding hydrogens is 532 g/mol.